The molecule has 0 saturated carbocycles. The number of anilines is 1. The molecule has 1 aliphatic rings. The van der Waals surface area contributed by atoms with E-state index in [1.807, 2.05) is 46.0 Å². The maximum Gasteiger partial charge on any atom is 0.254 e. The standard InChI is InChI=1S/C19H21N5O2/c25-19(23-9-11-26-12-10-23)15-4-6-20-17(13-15)21-7-5-16-14-24-8-2-1-3-18(24)22-16/h1-4,6,8,13-14H,5,7,9-12H2,(H,20,21). The first kappa shape index (κ1) is 16.5. The van der Waals surface area contributed by atoms with Crippen molar-refractivity contribution in [3.63, 3.8) is 0 Å². The van der Waals surface area contributed by atoms with Crippen LogP contribution in [0.1, 0.15) is 16.1 Å². The summed E-state index contributed by atoms with van der Waals surface area (Å²) >= 11 is 0. The van der Waals surface area contributed by atoms with Crippen molar-refractivity contribution in [2.75, 3.05) is 38.2 Å². The monoisotopic (exact) mass is 351 g/mol. The lowest BCUT2D eigenvalue weighted by Gasteiger charge is -2.26. The second kappa shape index (κ2) is 7.53. The van der Waals surface area contributed by atoms with E-state index >= 15 is 0 Å². The highest BCUT2D eigenvalue weighted by molar-refractivity contribution is 5.94. The average molecular weight is 351 g/mol. The lowest BCUT2D eigenvalue weighted by molar-refractivity contribution is 0.0303. The van der Waals surface area contributed by atoms with Gasteiger partial charge in [-0.3, -0.25) is 4.79 Å². The smallest absolute Gasteiger partial charge is 0.254 e. The van der Waals surface area contributed by atoms with Crippen LogP contribution >= 0.6 is 0 Å². The summed E-state index contributed by atoms with van der Waals surface area (Å²) in [5.41, 5.74) is 2.61. The fourth-order valence-electron chi connectivity index (χ4n) is 3.04. The van der Waals surface area contributed by atoms with Gasteiger partial charge in [0, 0.05) is 50.2 Å². The van der Waals surface area contributed by atoms with Crippen LogP contribution in [0.15, 0.2) is 48.9 Å². The van der Waals surface area contributed by atoms with Gasteiger partial charge in [0.15, 0.2) is 0 Å². The number of carbonyl (C=O) groups is 1. The molecule has 1 fully saturated rings. The fourth-order valence-corrected chi connectivity index (χ4v) is 3.04. The number of aromatic nitrogens is 3. The van der Waals surface area contributed by atoms with E-state index in [0.717, 1.165) is 17.8 Å². The molecule has 0 radical (unpaired) electrons. The summed E-state index contributed by atoms with van der Waals surface area (Å²) in [5, 5.41) is 3.28. The van der Waals surface area contributed by atoms with Gasteiger partial charge in [-0.05, 0) is 24.3 Å². The molecule has 4 heterocycles. The van der Waals surface area contributed by atoms with E-state index in [1.165, 1.54) is 0 Å². The Bertz CT molecular complexity index is 869. The highest BCUT2D eigenvalue weighted by atomic mass is 16.5. The predicted molar refractivity (Wildman–Crippen MR) is 98.3 cm³/mol. The summed E-state index contributed by atoms with van der Waals surface area (Å²) in [4.78, 5) is 23.3. The van der Waals surface area contributed by atoms with Crippen molar-refractivity contribution in [3.8, 4) is 0 Å². The van der Waals surface area contributed by atoms with E-state index in [4.69, 9.17) is 4.74 Å². The zero-order chi connectivity index (χ0) is 17.8. The lowest BCUT2D eigenvalue weighted by Crippen LogP contribution is -2.40. The van der Waals surface area contributed by atoms with Gasteiger partial charge >= 0.3 is 0 Å². The van der Waals surface area contributed by atoms with Crippen LogP contribution in [0.2, 0.25) is 0 Å². The third-order valence-electron chi connectivity index (χ3n) is 4.41. The van der Waals surface area contributed by atoms with Gasteiger partial charge < -0.3 is 19.4 Å². The van der Waals surface area contributed by atoms with Gasteiger partial charge in [0.2, 0.25) is 0 Å². The first-order valence-corrected chi connectivity index (χ1v) is 8.79. The molecule has 1 aliphatic heterocycles. The average Bonchev–Trinajstić information content (AvgIpc) is 3.11. The Kier molecular flexibility index (Phi) is 4.79. The molecule has 7 heteroatoms. The second-order valence-corrected chi connectivity index (χ2v) is 6.21. The van der Waals surface area contributed by atoms with Crippen LogP contribution in [0, 0.1) is 0 Å². The minimum atomic E-state index is 0.0269. The molecule has 0 bridgehead atoms. The van der Waals surface area contributed by atoms with Crippen LogP contribution in [0.25, 0.3) is 5.65 Å². The van der Waals surface area contributed by atoms with E-state index < -0.39 is 0 Å². The molecule has 3 aromatic rings. The first-order chi connectivity index (χ1) is 12.8. The molecule has 0 atom stereocenters. The number of ether oxygens (including phenoxy) is 1. The predicted octanol–water partition coefficient (Wildman–Crippen LogP) is 1.86. The number of rotatable bonds is 5. The Labute approximate surface area is 151 Å². The summed E-state index contributed by atoms with van der Waals surface area (Å²) in [7, 11) is 0. The molecule has 1 N–H and O–H groups in total. The Morgan fingerprint density at radius 3 is 2.96 bits per heavy atom. The number of morpholine rings is 1. The maximum atomic E-state index is 12.5. The molecular formula is C19H21N5O2. The number of hydrogen-bond donors (Lipinski definition) is 1. The Hall–Kier alpha value is -2.93. The molecule has 0 aliphatic carbocycles. The van der Waals surface area contributed by atoms with Gasteiger partial charge in [0.1, 0.15) is 11.5 Å². The van der Waals surface area contributed by atoms with Gasteiger partial charge in [-0.2, -0.15) is 0 Å². The van der Waals surface area contributed by atoms with Gasteiger partial charge in [-0.25, -0.2) is 9.97 Å². The molecule has 1 amide bonds. The topological polar surface area (TPSA) is 71.8 Å². The van der Waals surface area contributed by atoms with Crippen LogP contribution in [-0.2, 0) is 11.2 Å². The molecule has 4 rings (SSSR count). The van der Waals surface area contributed by atoms with E-state index in [9.17, 15) is 4.79 Å². The minimum Gasteiger partial charge on any atom is -0.378 e. The molecule has 0 unspecified atom stereocenters. The minimum absolute atomic E-state index is 0.0269. The fraction of sp³-hybridized carbons (Fsp3) is 0.316. The lowest BCUT2D eigenvalue weighted by atomic mass is 10.2. The number of imidazole rings is 1. The number of carbonyl (C=O) groups excluding carboxylic acids is 1. The van der Waals surface area contributed by atoms with Gasteiger partial charge in [-0.15, -0.1) is 0 Å². The van der Waals surface area contributed by atoms with E-state index in [-0.39, 0.29) is 5.91 Å². The number of nitrogens with one attached hydrogen (secondary N) is 1. The van der Waals surface area contributed by atoms with E-state index in [2.05, 4.69) is 15.3 Å². The van der Waals surface area contributed by atoms with Crippen molar-refractivity contribution in [3.05, 3.63) is 60.2 Å². The Balaban J connectivity index is 1.36. The van der Waals surface area contributed by atoms with Crippen molar-refractivity contribution >= 4 is 17.4 Å². The van der Waals surface area contributed by atoms with Crippen LogP contribution in [0.5, 0.6) is 0 Å². The summed E-state index contributed by atoms with van der Waals surface area (Å²) in [6.07, 6.45) is 6.47. The number of pyridine rings is 2. The van der Waals surface area contributed by atoms with Crippen molar-refractivity contribution in [1.82, 2.24) is 19.3 Å². The molecule has 3 aromatic heterocycles. The van der Waals surface area contributed by atoms with Crippen LogP contribution in [-0.4, -0.2) is 58.0 Å². The van der Waals surface area contributed by atoms with Crippen molar-refractivity contribution in [2.45, 2.75) is 6.42 Å². The van der Waals surface area contributed by atoms with Crippen molar-refractivity contribution in [1.29, 1.82) is 0 Å². The molecule has 0 spiro atoms. The number of fused-ring (bicyclic) bond motifs is 1. The first-order valence-electron chi connectivity index (χ1n) is 8.79. The Morgan fingerprint density at radius 1 is 1.23 bits per heavy atom. The zero-order valence-electron chi connectivity index (χ0n) is 14.5. The summed E-state index contributed by atoms with van der Waals surface area (Å²) in [5.74, 6) is 0.729. The van der Waals surface area contributed by atoms with Gasteiger partial charge in [0.05, 0.1) is 18.9 Å². The van der Waals surface area contributed by atoms with Crippen molar-refractivity contribution in [2.24, 2.45) is 0 Å². The summed E-state index contributed by atoms with van der Waals surface area (Å²) in [6.45, 7) is 3.17. The SMILES string of the molecule is O=C(c1ccnc(NCCc2cn3ccccc3n2)c1)N1CCOCC1. The van der Waals surface area contributed by atoms with E-state index in [1.54, 1.807) is 12.3 Å². The number of amides is 1. The highest BCUT2D eigenvalue weighted by Crippen LogP contribution is 2.12. The molecule has 26 heavy (non-hydrogen) atoms. The third kappa shape index (κ3) is 3.67. The summed E-state index contributed by atoms with van der Waals surface area (Å²) < 4.78 is 7.31. The van der Waals surface area contributed by atoms with Crippen molar-refractivity contribution < 1.29 is 9.53 Å². The summed E-state index contributed by atoms with van der Waals surface area (Å²) in [6, 6.07) is 9.51. The highest BCUT2D eigenvalue weighted by Gasteiger charge is 2.18. The molecule has 1 saturated heterocycles. The quantitative estimate of drug-likeness (QED) is 0.760. The van der Waals surface area contributed by atoms with E-state index in [0.29, 0.717) is 44.2 Å². The number of hydrogen-bond acceptors (Lipinski definition) is 5. The normalized spacial score (nSPS) is 14.5. The maximum absolute atomic E-state index is 12.5. The van der Waals surface area contributed by atoms with Gasteiger partial charge in [-0.1, -0.05) is 6.07 Å². The molecule has 0 aromatic carbocycles. The second-order valence-electron chi connectivity index (χ2n) is 6.21. The molecule has 7 nitrogen and oxygen atoms in total. The van der Waals surface area contributed by atoms with Crippen LogP contribution in [0.4, 0.5) is 5.82 Å². The Morgan fingerprint density at radius 2 is 2.12 bits per heavy atom. The largest absolute Gasteiger partial charge is 0.378 e. The third-order valence-corrected chi connectivity index (χ3v) is 4.41. The molecular weight excluding hydrogens is 330 g/mol. The zero-order valence-corrected chi connectivity index (χ0v) is 14.5. The van der Waals surface area contributed by atoms with Crippen LogP contribution < -0.4 is 5.32 Å². The van der Waals surface area contributed by atoms with Gasteiger partial charge in [0.25, 0.3) is 5.91 Å². The van der Waals surface area contributed by atoms with Crippen LogP contribution in [0.3, 0.4) is 0 Å². The molecule has 134 valence electrons. The number of nitrogens with zero attached hydrogens (tertiary/aromatic N) is 4.